The Morgan fingerprint density at radius 1 is 1.19 bits per heavy atom. The van der Waals surface area contributed by atoms with E-state index in [9.17, 15) is 13.2 Å². The highest BCUT2D eigenvalue weighted by Crippen LogP contribution is 2.39. The Hall–Kier alpha value is -2.10. The van der Waals surface area contributed by atoms with E-state index in [2.05, 4.69) is 27.7 Å². The summed E-state index contributed by atoms with van der Waals surface area (Å²) in [6.45, 7) is 5.29. The lowest BCUT2D eigenvalue weighted by Crippen LogP contribution is -2.53. The molecule has 0 atom stereocenters. The number of aromatic nitrogens is 2. The number of nitrogens with one attached hydrogen (secondary N) is 1. The lowest BCUT2D eigenvalue weighted by Gasteiger charge is -2.45. The van der Waals surface area contributed by atoms with Gasteiger partial charge in [-0.05, 0) is 62.4 Å². The number of hydrogen-bond acceptors (Lipinski definition) is 5. The minimum atomic E-state index is -3.43. The maximum absolute atomic E-state index is 12.9. The van der Waals surface area contributed by atoms with Gasteiger partial charge in [-0.1, -0.05) is 17.7 Å². The van der Waals surface area contributed by atoms with Crippen molar-refractivity contribution in [3.63, 3.8) is 0 Å². The summed E-state index contributed by atoms with van der Waals surface area (Å²) in [6, 6.07) is 7.46. The van der Waals surface area contributed by atoms with Crippen molar-refractivity contribution in [1.29, 1.82) is 0 Å². The van der Waals surface area contributed by atoms with Crippen LogP contribution in [0.3, 0.4) is 0 Å². The van der Waals surface area contributed by atoms with E-state index in [0.29, 0.717) is 13.1 Å². The molecule has 10 heteroatoms. The molecule has 2 saturated heterocycles. The van der Waals surface area contributed by atoms with E-state index < -0.39 is 10.0 Å². The van der Waals surface area contributed by atoms with Crippen molar-refractivity contribution in [3.05, 3.63) is 46.6 Å². The number of halogens is 1. The molecule has 2 aliphatic rings. The van der Waals surface area contributed by atoms with Gasteiger partial charge in [-0.25, -0.2) is 13.2 Å². The highest BCUT2D eigenvalue weighted by molar-refractivity contribution is 7.92. The second-order valence-electron chi connectivity index (χ2n) is 8.68. The normalized spacial score (nSPS) is 19.1. The Bertz CT molecular complexity index is 1060. The number of carbonyl (C=O) groups is 1. The SMILES string of the molecule is Cc1cc(Cl)cc(CN2CCCC23CCN(C(=O)n2ccc(NS(C)(=O)=O)n2)CC3)c1. The quantitative estimate of drug-likeness (QED) is 0.748. The van der Waals surface area contributed by atoms with E-state index in [-0.39, 0.29) is 17.4 Å². The number of piperidine rings is 1. The second kappa shape index (κ2) is 8.44. The summed E-state index contributed by atoms with van der Waals surface area (Å²) in [5.74, 6) is 0.142. The smallest absolute Gasteiger partial charge is 0.323 e. The molecule has 2 aromatic rings. The summed E-state index contributed by atoms with van der Waals surface area (Å²) < 4.78 is 26.2. The average Bonchev–Trinajstić information content (AvgIpc) is 3.27. The first-order valence-corrected chi connectivity index (χ1v) is 12.7. The lowest BCUT2D eigenvalue weighted by molar-refractivity contribution is 0.0585. The number of likely N-dealkylation sites (tertiary alicyclic amines) is 2. The topological polar surface area (TPSA) is 87.5 Å². The molecule has 2 fully saturated rings. The van der Waals surface area contributed by atoms with Crippen LogP contribution in [0.5, 0.6) is 0 Å². The van der Waals surface area contributed by atoms with Crippen molar-refractivity contribution in [2.45, 2.75) is 44.7 Å². The first-order chi connectivity index (χ1) is 14.6. The zero-order valence-corrected chi connectivity index (χ0v) is 19.4. The van der Waals surface area contributed by atoms with Crippen LogP contribution in [0.15, 0.2) is 30.5 Å². The molecule has 1 spiro atoms. The number of nitrogens with zero attached hydrogens (tertiary/aromatic N) is 4. The minimum Gasteiger partial charge on any atom is -0.323 e. The molecule has 168 valence electrons. The fraction of sp³-hybridized carbons (Fsp3) is 0.524. The van der Waals surface area contributed by atoms with Gasteiger partial charge in [0, 0.05) is 42.5 Å². The third-order valence-electron chi connectivity index (χ3n) is 6.26. The van der Waals surface area contributed by atoms with Crippen LogP contribution in [0.2, 0.25) is 5.02 Å². The van der Waals surface area contributed by atoms with Crippen LogP contribution in [0.25, 0.3) is 0 Å². The van der Waals surface area contributed by atoms with E-state index in [1.165, 1.54) is 28.1 Å². The van der Waals surface area contributed by atoms with Crippen LogP contribution in [0, 0.1) is 6.92 Å². The molecule has 0 saturated carbocycles. The first kappa shape index (κ1) is 22.1. The molecule has 0 bridgehead atoms. The summed E-state index contributed by atoms with van der Waals surface area (Å²) in [4.78, 5) is 17.2. The molecular formula is C21H28ClN5O3S. The van der Waals surface area contributed by atoms with Crippen LogP contribution in [-0.4, -0.2) is 65.5 Å². The molecule has 0 unspecified atom stereocenters. The Balaban J connectivity index is 1.40. The maximum Gasteiger partial charge on any atom is 0.344 e. The van der Waals surface area contributed by atoms with Gasteiger partial charge in [0.15, 0.2) is 5.82 Å². The van der Waals surface area contributed by atoms with E-state index >= 15 is 0 Å². The Morgan fingerprint density at radius 3 is 2.61 bits per heavy atom. The molecule has 2 aliphatic heterocycles. The van der Waals surface area contributed by atoms with E-state index in [0.717, 1.165) is 50.1 Å². The highest BCUT2D eigenvalue weighted by Gasteiger charge is 2.43. The standard InChI is InChI=1S/C21H28ClN5O3S/c1-16-12-17(14-18(22)13-16)15-26-8-3-5-21(26)6-10-25(11-7-21)20(28)27-9-4-19(23-27)24-31(2,29)30/h4,9,12-14H,3,5-8,10-11,15H2,1-2H3,(H,23,24). The summed E-state index contributed by atoms with van der Waals surface area (Å²) in [6.07, 6.45) is 6.66. The van der Waals surface area contributed by atoms with Crippen molar-refractivity contribution in [3.8, 4) is 0 Å². The Morgan fingerprint density at radius 2 is 1.94 bits per heavy atom. The third-order valence-corrected chi connectivity index (χ3v) is 7.05. The van der Waals surface area contributed by atoms with Crippen LogP contribution in [-0.2, 0) is 16.6 Å². The zero-order valence-electron chi connectivity index (χ0n) is 17.8. The number of benzene rings is 1. The monoisotopic (exact) mass is 465 g/mol. The fourth-order valence-corrected chi connectivity index (χ4v) is 5.67. The number of aryl methyl sites for hydroxylation is 1. The first-order valence-electron chi connectivity index (χ1n) is 10.5. The molecule has 8 nitrogen and oxygen atoms in total. The van der Waals surface area contributed by atoms with Gasteiger partial charge in [0.05, 0.1) is 6.26 Å². The molecule has 1 aromatic carbocycles. The van der Waals surface area contributed by atoms with E-state index in [1.807, 2.05) is 12.1 Å². The van der Waals surface area contributed by atoms with Gasteiger partial charge < -0.3 is 4.90 Å². The van der Waals surface area contributed by atoms with Gasteiger partial charge in [-0.3, -0.25) is 9.62 Å². The van der Waals surface area contributed by atoms with Crippen LogP contribution < -0.4 is 4.72 Å². The average molecular weight is 466 g/mol. The summed E-state index contributed by atoms with van der Waals surface area (Å²) in [5.41, 5.74) is 2.51. The van der Waals surface area contributed by atoms with Gasteiger partial charge in [0.25, 0.3) is 0 Å². The summed E-state index contributed by atoms with van der Waals surface area (Å²) in [7, 11) is -3.43. The number of hydrogen-bond donors (Lipinski definition) is 1. The molecular weight excluding hydrogens is 438 g/mol. The second-order valence-corrected chi connectivity index (χ2v) is 10.9. The van der Waals surface area contributed by atoms with Crippen molar-refractivity contribution >= 4 is 33.5 Å². The molecule has 1 aromatic heterocycles. The Labute approximate surface area is 188 Å². The number of anilines is 1. The number of amides is 1. The summed E-state index contributed by atoms with van der Waals surface area (Å²) >= 11 is 6.25. The van der Waals surface area contributed by atoms with Crippen molar-refractivity contribution in [2.24, 2.45) is 0 Å². The van der Waals surface area contributed by atoms with Gasteiger partial charge in [0.1, 0.15) is 0 Å². The van der Waals surface area contributed by atoms with Crippen molar-refractivity contribution < 1.29 is 13.2 Å². The minimum absolute atomic E-state index is 0.111. The zero-order chi connectivity index (χ0) is 22.2. The fourth-order valence-electron chi connectivity index (χ4n) is 4.86. The predicted octanol–water partition coefficient (Wildman–Crippen LogP) is 3.32. The maximum atomic E-state index is 12.9. The van der Waals surface area contributed by atoms with E-state index in [1.54, 1.807) is 4.90 Å². The summed E-state index contributed by atoms with van der Waals surface area (Å²) in [5, 5.41) is 4.83. The molecule has 1 N–H and O–H groups in total. The number of sulfonamides is 1. The largest absolute Gasteiger partial charge is 0.344 e. The third kappa shape index (κ3) is 5.05. The molecule has 4 rings (SSSR count). The van der Waals surface area contributed by atoms with Crippen molar-refractivity contribution in [1.82, 2.24) is 19.6 Å². The number of carbonyl (C=O) groups excluding carboxylic acids is 1. The van der Waals surface area contributed by atoms with Crippen LogP contribution in [0.4, 0.5) is 10.6 Å². The van der Waals surface area contributed by atoms with Gasteiger partial charge in [0.2, 0.25) is 10.0 Å². The van der Waals surface area contributed by atoms with Crippen LogP contribution >= 0.6 is 11.6 Å². The molecule has 3 heterocycles. The van der Waals surface area contributed by atoms with E-state index in [4.69, 9.17) is 11.6 Å². The highest BCUT2D eigenvalue weighted by atomic mass is 35.5. The van der Waals surface area contributed by atoms with Gasteiger partial charge in [-0.15, -0.1) is 5.10 Å². The predicted molar refractivity (Wildman–Crippen MR) is 121 cm³/mol. The van der Waals surface area contributed by atoms with Crippen LogP contribution in [0.1, 0.15) is 36.8 Å². The molecule has 0 radical (unpaired) electrons. The molecule has 0 aliphatic carbocycles. The van der Waals surface area contributed by atoms with Gasteiger partial charge in [-0.2, -0.15) is 4.68 Å². The molecule has 1 amide bonds. The Kier molecular flexibility index (Phi) is 6.02. The number of rotatable bonds is 4. The van der Waals surface area contributed by atoms with Crippen molar-refractivity contribution in [2.75, 3.05) is 30.6 Å². The van der Waals surface area contributed by atoms with Gasteiger partial charge >= 0.3 is 6.03 Å². The lowest BCUT2D eigenvalue weighted by atomic mass is 9.84. The molecule has 31 heavy (non-hydrogen) atoms.